The number of methoxy groups -OCH3 is 1. The number of pyridine rings is 1. The van der Waals surface area contributed by atoms with Crippen LogP contribution in [-0.2, 0) is 0 Å². The summed E-state index contributed by atoms with van der Waals surface area (Å²) in [6.07, 6.45) is 1.72. The molecule has 0 atom stereocenters. The molecule has 3 aromatic rings. The summed E-state index contributed by atoms with van der Waals surface area (Å²) >= 11 is 5.05. The topological polar surface area (TPSA) is 47.0 Å². The van der Waals surface area contributed by atoms with Gasteiger partial charge in [-0.25, -0.2) is 9.97 Å². The van der Waals surface area contributed by atoms with Gasteiger partial charge in [-0.05, 0) is 24.3 Å². The number of fused-ring (bicyclic) bond motifs is 1. The van der Waals surface area contributed by atoms with Crippen LogP contribution in [0, 0.1) is 0 Å². The first kappa shape index (κ1) is 12.4. The second kappa shape index (κ2) is 5.14. The Morgan fingerprint density at radius 3 is 2.89 bits per heavy atom. The van der Waals surface area contributed by atoms with Gasteiger partial charge in [0.25, 0.3) is 0 Å². The van der Waals surface area contributed by atoms with E-state index < -0.39 is 0 Å². The van der Waals surface area contributed by atoms with Gasteiger partial charge in [0, 0.05) is 10.5 Å². The molecule has 0 fully saturated rings. The molecule has 0 saturated carbocycles. The number of nitrogens with one attached hydrogen (secondary N) is 1. The van der Waals surface area contributed by atoms with Gasteiger partial charge in [0.1, 0.15) is 0 Å². The lowest BCUT2D eigenvalue weighted by Gasteiger charge is -2.02. The first-order chi connectivity index (χ1) is 9.24. The highest BCUT2D eigenvalue weighted by molar-refractivity contribution is 9.10. The molecular weight excluding hydrogens is 326 g/mol. The number of hydrogen-bond donors (Lipinski definition) is 1. The van der Waals surface area contributed by atoms with Crippen LogP contribution in [0.1, 0.15) is 0 Å². The monoisotopic (exact) mass is 335 g/mol. The maximum absolute atomic E-state index is 5.02. The largest absolute Gasteiger partial charge is 0.481 e. The molecule has 0 aliphatic rings. The summed E-state index contributed by atoms with van der Waals surface area (Å²) in [4.78, 5) is 8.68. The first-order valence-electron chi connectivity index (χ1n) is 5.58. The van der Waals surface area contributed by atoms with Gasteiger partial charge in [0.15, 0.2) is 5.13 Å². The maximum Gasteiger partial charge on any atom is 0.213 e. The van der Waals surface area contributed by atoms with E-state index in [1.165, 1.54) is 0 Å². The average Bonchev–Trinajstić information content (AvgIpc) is 2.81. The van der Waals surface area contributed by atoms with Crippen molar-refractivity contribution >= 4 is 48.3 Å². The molecule has 0 saturated heterocycles. The highest BCUT2D eigenvalue weighted by Gasteiger charge is 2.05. The normalized spacial score (nSPS) is 10.6. The quantitative estimate of drug-likeness (QED) is 0.778. The third-order valence-corrected chi connectivity index (χ3v) is 3.99. The Bertz CT molecular complexity index is 711. The number of rotatable bonds is 3. The molecule has 0 amide bonds. The van der Waals surface area contributed by atoms with Gasteiger partial charge in [-0.15, -0.1) is 0 Å². The lowest BCUT2D eigenvalue weighted by molar-refractivity contribution is 0.398. The number of ether oxygens (including phenoxy) is 1. The fourth-order valence-corrected chi connectivity index (χ4v) is 2.87. The minimum Gasteiger partial charge on any atom is -0.481 e. The number of aromatic nitrogens is 2. The van der Waals surface area contributed by atoms with Crippen LogP contribution in [0.3, 0.4) is 0 Å². The van der Waals surface area contributed by atoms with Crippen LogP contribution < -0.4 is 10.1 Å². The van der Waals surface area contributed by atoms with Crippen molar-refractivity contribution < 1.29 is 4.74 Å². The zero-order chi connectivity index (χ0) is 13.2. The van der Waals surface area contributed by atoms with Crippen molar-refractivity contribution in [2.45, 2.75) is 0 Å². The molecule has 3 rings (SSSR count). The molecule has 19 heavy (non-hydrogen) atoms. The van der Waals surface area contributed by atoms with Crippen LogP contribution in [0.4, 0.5) is 10.8 Å². The predicted octanol–water partition coefficient (Wildman–Crippen LogP) is 4.21. The minimum absolute atomic E-state index is 0.596. The Balaban J connectivity index is 1.87. The third-order valence-electron chi connectivity index (χ3n) is 2.55. The molecule has 0 aliphatic heterocycles. The van der Waals surface area contributed by atoms with Gasteiger partial charge in [-0.3, -0.25) is 0 Å². The number of halogens is 1. The number of nitrogens with zero attached hydrogens (tertiary/aromatic N) is 2. The molecule has 96 valence electrons. The summed E-state index contributed by atoms with van der Waals surface area (Å²) in [5, 5.41) is 4.09. The summed E-state index contributed by atoms with van der Waals surface area (Å²) in [5.74, 6) is 0.596. The number of anilines is 2. The van der Waals surface area contributed by atoms with E-state index in [4.69, 9.17) is 4.74 Å². The van der Waals surface area contributed by atoms with Gasteiger partial charge < -0.3 is 10.1 Å². The second-order valence-electron chi connectivity index (χ2n) is 3.85. The summed E-state index contributed by atoms with van der Waals surface area (Å²) in [5.41, 5.74) is 1.86. The molecule has 6 heteroatoms. The Morgan fingerprint density at radius 1 is 1.26 bits per heavy atom. The van der Waals surface area contributed by atoms with Crippen molar-refractivity contribution in [2.24, 2.45) is 0 Å². The van der Waals surface area contributed by atoms with Crippen molar-refractivity contribution in [3.63, 3.8) is 0 Å². The van der Waals surface area contributed by atoms with E-state index in [-0.39, 0.29) is 0 Å². The van der Waals surface area contributed by atoms with Crippen molar-refractivity contribution in [3.8, 4) is 5.88 Å². The fourth-order valence-electron chi connectivity index (χ4n) is 1.65. The van der Waals surface area contributed by atoms with Crippen LogP contribution in [0.2, 0.25) is 0 Å². The summed E-state index contributed by atoms with van der Waals surface area (Å²) in [6, 6.07) is 9.79. The van der Waals surface area contributed by atoms with Crippen molar-refractivity contribution in [1.29, 1.82) is 0 Å². The zero-order valence-electron chi connectivity index (χ0n) is 10.1. The molecule has 4 nitrogen and oxygen atoms in total. The summed E-state index contributed by atoms with van der Waals surface area (Å²) in [6.45, 7) is 0. The smallest absolute Gasteiger partial charge is 0.213 e. The summed E-state index contributed by atoms with van der Waals surface area (Å²) in [7, 11) is 1.60. The Morgan fingerprint density at radius 2 is 2.16 bits per heavy atom. The van der Waals surface area contributed by atoms with Crippen LogP contribution in [0.5, 0.6) is 5.88 Å². The van der Waals surface area contributed by atoms with Crippen molar-refractivity contribution in [3.05, 3.63) is 41.0 Å². The molecular formula is C13H10BrN3OS. The Hall–Kier alpha value is -1.66. The first-order valence-corrected chi connectivity index (χ1v) is 7.19. The molecule has 2 heterocycles. The molecule has 0 aliphatic carbocycles. The molecule has 1 aromatic carbocycles. The number of thiazole rings is 1. The third kappa shape index (κ3) is 2.69. The minimum atomic E-state index is 0.596. The predicted molar refractivity (Wildman–Crippen MR) is 81.4 cm³/mol. The van der Waals surface area contributed by atoms with Gasteiger partial charge in [0.2, 0.25) is 5.88 Å². The molecule has 0 bridgehead atoms. The molecule has 2 aromatic heterocycles. The lowest BCUT2D eigenvalue weighted by Crippen LogP contribution is -1.91. The van der Waals surface area contributed by atoms with E-state index in [2.05, 4.69) is 37.3 Å². The van der Waals surface area contributed by atoms with Gasteiger partial charge in [-0.2, -0.15) is 0 Å². The fraction of sp³-hybridized carbons (Fsp3) is 0.0769. The number of hydrogen-bond acceptors (Lipinski definition) is 5. The van der Waals surface area contributed by atoms with Crippen molar-refractivity contribution in [1.82, 2.24) is 9.97 Å². The van der Waals surface area contributed by atoms with Crippen LogP contribution in [0.15, 0.2) is 41.0 Å². The van der Waals surface area contributed by atoms with Gasteiger partial charge in [0.05, 0.1) is 29.2 Å². The highest BCUT2D eigenvalue weighted by atomic mass is 79.9. The van der Waals surface area contributed by atoms with Crippen LogP contribution in [0.25, 0.3) is 10.2 Å². The van der Waals surface area contributed by atoms with Crippen LogP contribution >= 0.6 is 27.3 Å². The molecule has 0 unspecified atom stereocenters. The maximum atomic E-state index is 5.02. The van der Waals surface area contributed by atoms with Crippen LogP contribution in [-0.4, -0.2) is 17.1 Å². The van der Waals surface area contributed by atoms with E-state index >= 15 is 0 Å². The second-order valence-corrected chi connectivity index (χ2v) is 5.79. The van der Waals surface area contributed by atoms with E-state index in [9.17, 15) is 0 Å². The Labute approximate surface area is 122 Å². The molecule has 0 spiro atoms. The highest BCUT2D eigenvalue weighted by Crippen LogP contribution is 2.30. The SMILES string of the molecule is COc1ccc(Nc2nc3cc(Br)ccc3s2)cn1. The number of benzene rings is 1. The average molecular weight is 336 g/mol. The van der Waals surface area contributed by atoms with E-state index in [1.807, 2.05) is 24.3 Å². The van der Waals surface area contributed by atoms with Gasteiger partial charge in [-0.1, -0.05) is 27.3 Å². The molecule has 0 radical (unpaired) electrons. The summed E-state index contributed by atoms with van der Waals surface area (Å²) < 4.78 is 7.20. The molecule has 1 N–H and O–H groups in total. The van der Waals surface area contributed by atoms with E-state index in [0.29, 0.717) is 5.88 Å². The van der Waals surface area contributed by atoms with E-state index in [1.54, 1.807) is 24.6 Å². The standard InChI is InChI=1S/C13H10BrN3OS/c1-18-12-5-3-9(7-15-12)16-13-17-10-6-8(14)2-4-11(10)19-13/h2-7H,1H3,(H,16,17). The van der Waals surface area contributed by atoms with E-state index in [0.717, 1.165) is 25.5 Å². The zero-order valence-corrected chi connectivity index (χ0v) is 12.5. The van der Waals surface area contributed by atoms with Gasteiger partial charge >= 0.3 is 0 Å². The lowest BCUT2D eigenvalue weighted by atomic mass is 10.3. The Kier molecular flexibility index (Phi) is 3.35. The van der Waals surface area contributed by atoms with Crippen molar-refractivity contribution in [2.75, 3.05) is 12.4 Å².